The predicted molar refractivity (Wildman–Crippen MR) is 75.4 cm³/mol. The number of likely N-dealkylation sites (tertiary alicyclic amines) is 1. The third-order valence-corrected chi connectivity index (χ3v) is 3.63. The number of hydrogen-bond donors (Lipinski definition) is 1. The SMILES string of the molecule is Cn1cc(C2CCN(C(=O)Nc3ccc(F)cn3)C2)cn1. The quantitative estimate of drug-likeness (QED) is 0.919. The van der Waals surface area contributed by atoms with E-state index in [1.807, 2.05) is 19.4 Å². The summed E-state index contributed by atoms with van der Waals surface area (Å²) in [7, 11) is 1.88. The first-order chi connectivity index (χ1) is 10.1. The molecule has 0 bridgehead atoms. The zero-order valence-electron chi connectivity index (χ0n) is 11.7. The number of carbonyl (C=O) groups is 1. The van der Waals surface area contributed by atoms with Crippen molar-refractivity contribution in [2.45, 2.75) is 12.3 Å². The average molecular weight is 289 g/mol. The molecule has 0 saturated carbocycles. The van der Waals surface area contributed by atoms with Crippen molar-refractivity contribution in [3.8, 4) is 0 Å². The van der Waals surface area contributed by atoms with E-state index in [1.54, 1.807) is 9.58 Å². The van der Waals surface area contributed by atoms with E-state index in [2.05, 4.69) is 15.4 Å². The van der Waals surface area contributed by atoms with Crippen molar-refractivity contribution in [1.82, 2.24) is 19.7 Å². The summed E-state index contributed by atoms with van der Waals surface area (Å²) in [5.41, 5.74) is 1.15. The lowest BCUT2D eigenvalue weighted by atomic mass is 10.0. The van der Waals surface area contributed by atoms with Crippen LogP contribution in [-0.2, 0) is 7.05 Å². The molecule has 7 heteroatoms. The lowest BCUT2D eigenvalue weighted by Gasteiger charge is -2.16. The van der Waals surface area contributed by atoms with Crippen molar-refractivity contribution < 1.29 is 9.18 Å². The number of halogens is 1. The maximum Gasteiger partial charge on any atom is 0.323 e. The summed E-state index contributed by atoms with van der Waals surface area (Å²) < 4.78 is 14.5. The lowest BCUT2D eigenvalue weighted by molar-refractivity contribution is 0.222. The van der Waals surface area contributed by atoms with Gasteiger partial charge in [-0.25, -0.2) is 14.2 Å². The van der Waals surface area contributed by atoms with Crippen LogP contribution in [0.3, 0.4) is 0 Å². The van der Waals surface area contributed by atoms with E-state index in [0.29, 0.717) is 24.8 Å². The Labute approximate surface area is 121 Å². The van der Waals surface area contributed by atoms with E-state index in [0.717, 1.165) is 18.2 Å². The highest BCUT2D eigenvalue weighted by atomic mass is 19.1. The molecular formula is C14H16FN5O. The fourth-order valence-electron chi connectivity index (χ4n) is 2.51. The molecule has 0 aliphatic carbocycles. The largest absolute Gasteiger partial charge is 0.324 e. The highest BCUT2D eigenvalue weighted by molar-refractivity contribution is 5.88. The van der Waals surface area contributed by atoms with Crippen molar-refractivity contribution in [1.29, 1.82) is 0 Å². The number of urea groups is 1. The first-order valence-electron chi connectivity index (χ1n) is 6.78. The van der Waals surface area contributed by atoms with Crippen molar-refractivity contribution in [3.05, 3.63) is 42.1 Å². The van der Waals surface area contributed by atoms with Gasteiger partial charge in [0, 0.05) is 32.3 Å². The Morgan fingerprint density at radius 1 is 1.43 bits per heavy atom. The van der Waals surface area contributed by atoms with Crippen LogP contribution in [0.1, 0.15) is 17.9 Å². The van der Waals surface area contributed by atoms with Crippen LogP contribution in [0, 0.1) is 5.82 Å². The maximum absolute atomic E-state index is 12.8. The second-order valence-corrected chi connectivity index (χ2v) is 5.17. The summed E-state index contributed by atoms with van der Waals surface area (Å²) in [4.78, 5) is 17.7. The van der Waals surface area contributed by atoms with E-state index >= 15 is 0 Å². The molecule has 0 aromatic carbocycles. The zero-order chi connectivity index (χ0) is 14.8. The Bertz CT molecular complexity index is 639. The average Bonchev–Trinajstić information content (AvgIpc) is 3.10. The van der Waals surface area contributed by atoms with E-state index in [1.165, 1.54) is 12.1 Å². The monoisotopic (exact) mass is 289 g/mol. The highest BCUT2D eigenvalue weighted by Crippen LogP contribution is 2.26. The molecule has 2 aromatic heterocycles. The van der Waals surface area contributed by atoms with Crippen LogP contribution in [0.15, 0.2) is 30.7 Å². The molecule has 3 rings (SSSR count). The van der Waals surface area contributed by atoms with Gasteiger partial charge < -0.3 is 4.90 Å². The van der Waals surface area contributed by atoms with Gasteiger partial charge in [0.05, 0.1) is 12.4 Å². The van der Waals surface area contributed by atoms with E-state index in [-0.39, 0.29) is 6.03 Å². The smallest absolute Gasteiger partial charge is 0.323 e. The summed E-state index contributed by atoms with van der Waals surface area (Å²) in [6.45, 7) is 1.34. The van der Waals surface area contributed by atoms with Crippen LogP contribution in [-0.4, -0.2) is 38.8 Å². The van der Waals surface area contributed by atoms with Crippen LogP contribution >= 0.6 is 0 Å². The number of carbonyl (C=O) groups excluding carboxylic acids is 1. The minimum absolute atomic E-state index is 0.208. The van der Waals surface area contributed by atoms with Crippen LogP contribution in [0.5, 0.6) is 0 Å². The van der Waals surface area contributed by atoms with Crippen molar-refractivity contribution in [2.24, 2.45) is 7.05 Å². The minimum Gasteiger partial charge on any atom is -0.324 e. The number of hydrogen-bond acceptors (Lipinski definition) is 3. The maximum atomic E-state index is 12.8. The summed E-state index contributed by atoms with van der Waals surface area (Å²) in [5, 5.41) is 6.84. The van der Waals surface area contributed by atoms with Gasteiger partial charge in [-0.2, -0.15) is 5.10 Å². The molecule has 1 aliphatic rings. The highest BCUT2D eigenvalue weighted by Gasteiger charge is 2.28. The fraction of sp³-hybridized carbons (Fsp3) is 0.357. The molecule has 2 aromatic rings. The summed E-state index contributed by atoms with van der Waals surface area (Å²) in [6.07, 6.45) is 5.81. The molecule has 110 valence electrons. The molecule has 0 spiro atoms. The minimum atomic E-state index is -0.425. The number of aryl methyl sites for hydroxylation is 1. The van der Waals surface area contributed by atoms with Crippen LogP contribution in [0.2, 0.25) is 0 Å². The van der Waals surface area contributed by atoms with Gasteiger partial charge in [-0.1, -0.05) is 0 Å². The Balaban J connectivity index is 1.60. The molecule has 1 unspecified atom stereocenters. The molecular weight excluding hydrogens is 273 g/mol. The third-order valence-electron chi connectivity index (χ3n) is 3.63. The number of anilines is 1. The van der Waals surface area contributed by atoms with Gasteiger partial charge in [-0.05, 0) is 24.1 Å². The molecule has 1 saturated heterocycles. The van der Waals surface area contributed by atoms with Crippen molar-refractivity contribution in [2.75, 3.05) is 18.4 Å². The Morgan fingerprint density at radius 3 is 2.95 bits per heavy atom. The molecule has 0 radical (unpaired) electrons. The normalized spacial score (nSPS) is 18.0. The van der Waals surface area contributed by atoms with Crippen LogP contribution in [0.25, 0.3) is 0 Å². The van der Waals surface area contributed by atoms with Gasteiger partial charge in [-0.3, -0.25) is 10.00 Å². The third kappa shape index (κ3) is 3.01. The van der Waals surface area contributed by atoms with Crippen molar-refractivity contribution >= 4 is 11.8 Å². The lowest BCUT2D eigenvalue weighted by Crippen LogP contribution is -2.33. The molecule has 1 fully saturated rings. The molecule has 21 heavy (non-hydrogen) atoms. The zero-order valence-corrected chi connectivity index (χ0v) is 11.7. The van der Waals surface area contributed by atoms with Crippen LogP contribution < -0.4 is 5.32 Å². The molecule has 6 nitrogen and oxygen atoms in total. The Hall–Kier alpha value is -2.44. The van der Waals surface area contributed by atoms with Gasteiger partial charge in [0.2, 0.25) is 0 Å². The van der Waals surface area contributed by atoms with Gasteiger partial charge in [0.25, 0.3) is 0 Å². The number of rotatable bonds is 2. The number of pyridine rings is 1. The first-order valence-corrected chi connectivity index (χ1v) is 6.78. The summed E-state index contributed by atoms with van der Waals surface area (Å²) >= 11 is 0. The molecule has 3 heterocycles. The number of aromatic nitrogens is 3. The van der Waals surface area contributed by atoms with Crippen molar-refractivity contribution in [3.63, 3.8) is 0 Å². The molecule has 1 aliphatic heterocycles. The first kappa shape index (κ1) is 13.5. The Morgan fingerprint density at radius 2 is 2.29 bits per heavy atom. The van der Waals surface area contributed by atoms with E-state index in [9.17, 15) is 9.18 Å². The summed E-state index contributed by atoms with van der Waals surface area (Å²) in [5.74, 6) is 0.239. The van der Waals surface area contributed by atoms with Gasteiger partial charge in [0.15, 0.2) is 0 Å². The Kier molecular flexibility index (Phi) is 3.55. The number of nitrogens with one attached hydrogen (secondary N) is 1. The topological polar surface area (TPSA) is 63.1 Å². The van der Waals surface area contributed by atoms with E-state index in [4.69, 9.17) is 0 Å². The van der Waals surface area contributed by atoms with E-state index < -0.39 is 5.82 Å². The van der Waals surface area contributed by atoms with Crippen LogP contribution in [0.4, 0.5) is 15.0 Å². The molecule has 2 amide bonds. The molecule has 1 atom stereocenters. The standard InChI is InChI=1S/C14H16FN5O/c1-19-8-11(6-17-19)10-4-5-20(9-10)14(21)18-13-3-2-12(15)7-16-13/h2-3,6-8,10H,4-5,9H2,1H3,(H,16,18,21). The fourth-order valence-corrected chi connectivity index (χ4v) is 2.51. The second kappa shape index (κ2) is 5.51. The number of nitrogens with zero attached hydrogens (tertiary/aromatic N) is 4. The van der Waals surface area contributed by atoms with Gasteiger partial charge in [-0.15, -0.1) is 0 Å². The second-order valence-electron chi connectivity index (χ2n) is 5.17. The van der Waals surface area contributed by atoms with Gasteiger partial charge in [0.1, 0.15) is 11.6 Å². The van der Waals surface area contributed by atoms with Gasteiger partial charge >= 0.3 is 6.03 Å². The summed E-state index contributed by atoms with van der Waals surface area (Å²) in [6, 6.07) is 2.51. The number of amides is 2. The predicted octanol–water partition coefficient (Wildman–Crippen LogP) is 1.98. The molecule has 1 N–H and O–H groups in total.